The van der Waals surface area contributed by atoms with E-state index in [9.17, 15) is 14.4 Å². The number of nitrogens with one attached hydrogen (secondary N) is 3. The van der Waals surface area contributed by atoms with Crippen LogP contribution in [0.1, 0.15) is 0 Å². The smallest absolute Gasteiger partial charge is 0.315 e. The molecule has 0 aliphatic heterocycles. The highest BCUT2D eigenvalue weighted by atomic mass is 32.1. The quantitative estimate of drug-likeness (QED) is 0.375. The molecule has 3 N–H and O–H groups in total. The van der Waals surface area contributed by atoms with Crippen molar-refractivity contribution in [2.24, 2.45) is 7.05 Å². The van der Waals surface area contributed by atoms with Crippen molar-refractivity contribution in [2.75, 3.05) is 0 Å². The molecule has 4 rings (SSSR count). The molecule has 0 radical (unpaired) electrons. The lowest BCUT2D eigenvalue weighted by atomic mass is 10.5. The normalized spacial score (nSPS) is 11.5. The Morgan fingerprint density at radius 1 is 0.957 bits per heavy atom. The molecule has 0 aliphatic rings. The summed E-state index contributed by atoms with van der Waals surface area (Å²) in [6.45, 7) is 0. The molecule has 0 amide bonds. The number of imidazole rings is 2. The largest absolute Gasteiger partial charge is 0.329 e. The zero-order valence-electron chi connectivity index (χ0n) is 11.5. The third-order valence-electron chi connectivity index (χ3n) is 3.44. The summed E-state index contributed by atoms with van der Waals surface area (Å²) in [5.41, 5.74) is -0.855. The van der Waals surface area contributed by atoms with Gasteiger partial charge in [-0.25, -0.2) is 24.1 Å². The van der Waals surface area contributed by atoms with Crippen LogP contribution in [0.4, 0.5) is 0 Å². The van der Waals surface area contributed by atoms with Gasteiger partial charge >= 0.3 is 5.69 Å². The Hall–Kier alpha value is -3.28. The van der Waals surface area contributed by atoms with Crippen molar-refractivity contribution in [1.82, 2.24) is 38.8 Å². The van der Waals surface area contributed by atoms with Crippen molar-refractivity contribution in [1.29, 1.82) is 0 Å². The summed E-state index contributed by atoms with van der Waals surface area (Å²) in [5.74, 6) is 0. The van der Waals surface area contributed by atoms with Gasteiger partial charge in [-0.2, -0.15) is 0 Å². The maximum atomic E-state index is 11.9. The molecule has 11 nitrogen and oxygen atoms in total. The highest BCUT2D eigenvalue weighted by Crippen LogP contribution is 2.10. The zero-order chi connectivity index (χ0) is 16.3. The fourth-order valence-corrected chi connectivity index (χ4v) is 2.58. The molecular formula is C11H8N8O3S. The minimum atomic E-state index is -0.600. The second-order valence-electron chi connectivity index (χ2n) is 4.77. The molecule has 0 bridgehead atoms. The van der Waals surface area contributed by atoms with Crippen molar-refractivity contribution < 1.29 is 0 Å². The summed E-state index contributed by atoms with van der Waals surface area (Å²) in [4.78, 5) is 51.0. The fraction of sp³-hybridized carbons (Fsp3) is 0.0909. The van der Waals surface area contributed by atoms with Gasteiger partial charge in [0.15, 0.2) is 27.1 Å². The van der Waals surface area contributed by atoms with E-state index in [4.69, 9.17) is 12.2 Å². The number of hydrogen-bond acceptors (Lipinski definition) is 6. The van der Waals surface area contributed by atoms with Crippen LogP contribution in [0, 0.1) is 4.77 Å². The molecule has 4 heterocycles. The van der Waals surface area contributed by atoms with Gasteiger partial charge in [-0.15, -0.1) is 0 Å². The van der Waals surface area contributed by atoms with Gasteiger partial charge in [0.05, 0.1) is 0 Å². The van der Waals surface area contributed by atoms with Crippen LogP contribution in [0.5, 0.6) is 0 Å². The summed E-state index contributed by atoms with van der Waals surface area (Å²) >= 11 is 4.96. The first-order chi connectivity index (χ1) is 11.0. The van der Waals surface area contributed by atoms with Crippen molar-refractivity contribution >= 4 is 34.5 Å². The molecule has 0 fully saturated rings. The predicted molar refractivity (Wildman–Crippen MR) is 81.9 cm³/mol. The molecule has 0 atom stereocenters. The van der Waals surface area contributed by atoms with Crippen LogP contribution in [0.2, 0.25) is 0 Å². The second kappa shape index (κ2) is 4.36. The third kappa shape index (κ3) is 1.75. The van der Waals surface area contributed by atoms with Crippen LogP contribution in [-0.4, -0.2) is 38.8 Å². The van der Waals surface area contributed by atoms with E-state index >= 15 is 0 Å². The van der Waals surface area contributed by atoms with Gasteiger partial charge in [0, 0.05) is 7.05 Å². The van der Waals surface area contributed by atoms with Crippen LogP contribution in [0.15, 0.2) is 27.0 Å². The number of nitrogens with zero attached hydrogens (tertiary/aromatic N) is 5. The summed E-state index contributed by atoms with van der Waals surface area (Å²) in [6, 6.07) is 0. The molecule has 12 heteroatoms. The lowest BCUT2D eigenvalue weighted by molar-refractivity contribution is 0.664. The minimum absolute atomic E-state index is 0.0809. The van der Waals surface area contributed by atoms with Crippen molar-refractivity contribution in [3.63, 3.8) is 0 Å². The second-order valence-corrected chi connectivity index (χ2v) is 5.18. The monoisotopic (exact) mass is 332 g/mol. The van der Waals surface area contributed by atoms with Crippen molar-refractivity contribution in [2.45, 2.75) is 0 Å². The van der Waals surface area contributed by atoms with Crippen LogP contribution in [-0.2, 0) is 7.05 Å². The Morgan fingerprint density at radius 3 is 2.39 bits per heavy atom. The van der Waals surface area contributed by atoms with E-state index in [1.165, 1.54) is 33.6 Å². The number of aromatic nitrogens is 8. The number of fused-ring (bicyclic) bond motifs is 2. The summed E-state index contributed by atoms with van der Waals surface area (Å²) in [6.07, 6.45) is 2.70. The SMILES string of the molecule is Cn1c(=O)[nH]c(=O)c2ncn(-n3cnc4c(=O)[nH]c(=S)[nH]c43)c21. The zero-order valence-corrected chi connectivity index (χ0v) is 12.3. The molecule has 0 spiro atoms. The number of hydrogen-bond donors (Lipinski definition) is 3. The first-order valence-corrected chi connectivity index (χ1v) is 6.75. The van der Waals surface area contributed by atoms with Gasteiger partial charge in [0.1, 0.15) is 12.7 Å². The van der Waals surface area contributed by atoms with E-state index in [1.54, 1.807) is 0 Å². The van der Waals surface area contributed by atoms with E-state index in [-0.39, 0.29) is 21.5 Å². The lowest BCUT2D eigenvalue weighted by Gasteiger charge is -2.08. The highest BCUT2D eigenvalue weighted by Gasteiger charge is 2.15. The van der Waals surface area contributed by atoms with Crippen LogP contribution in [0.25, 0.3) is 22.3 Å². The molecular weight excluding hydrogens is 324 g/mol. The summed E-state index contributed by atoms with van der Waals surface area (Å²) < 4.78 is 4.22. The fourth-order valence-electron chi connectivity index (χ4n) is 2.39. The van der Waals surface area contributed by atoms with Gasteiger partial charge in [-0.05, 0) is 12.2 Å². The molecule has 0 saturated carbocycles. The maximum Gasteiger partial charge on any atom is 0.329 e. The average molecular weight is 332 g/mol. The minimum Gasteiger partial charge on any atom is -0.315 e. The lowest BCUT2D eigenvalue weighted by Crippen LogP contribution is -2.30. The molecule has 4 aromatic heterocycles. The molecule has 0 aromatic carbocycles. The Morgan fingerprint density at radius 2 is 1.61 bits per heavy atom. The number of aryl methyl sites for hydroxylation is 1. The predicted octanol–water partition coefficient (Wildman–Crippen LogP) is -1.17. The maximum absolute atomic E-state index is 11.9. The summed E-state index contributed by atoms with van der Waals surface area (Å²) in [7, 11) is 1.49. The van der Waals surface area contributed by atoms with E-state index in [2.05, 4.69) is 24.9 Å². The number of rotatable bonds is 1. The van der Waals surface area contributed by atoms with Crippen LogP contribution >= 0.6 is 12.2 Å². The molecule has 0 saturated heterocycles. The number of H-pyrrole nitrogens is 3. The standard InChI is InChI=1S/C11H8N8O3S/c1-17-9-5(8(21)16-11(17)22)13-3-19(9)18-2-12-4-6(18)14-10(23)15-7(4)20/h2-3H,1H3,(H,16,21,22)(H2,14,15,20,23). The van der Waals surface area contributed by atoms with E-state index in [0.29, 0.717) is 5.65 Å². The van der Waals surface area contributed by atoms with E-state index in [0.717, 1.165) is 0 Å². The Bertz CT molecular complexity index is 1310. The molecule has 0 unspecified atom stereocenters. The van der Waals surface area contributed by atoms with E-state index in [1.807, 2.05) is 0 Å². The molecule has 4 aromatic rings. The molecule has 0 aliphatic carbocycles. The molecule has 116 valence electrons. The van der Waals surface area contributed by atoms with Gasteiger partial charge < -0.3 is 4.98 Å². The van der Waals surface area contributed by atoms with Crippen molar-refractivity contribution in [3.05, 3.63) is 48.6 Å². The highest BCUT2D eigenvalue weighted by molar-refractivity contribution is 7.71. The van der Waals surface area contributed by atoms with Gasteiger partial charge in [0.2, 0.25) is 0 Å². The van der Waals surface area contributed by atoms with Crippen LogP contribution < -0.4 is 16.8 Å². The summed E-state index contributed by atoms with van der Waals surface area (Å²) in [5, 5.41) is 0. The van der Waals surface area contributed by atoms with Gasteiger partial charge in [0.25, 0.3) is 11.1 Å². The number of aromatic amines is 3. The third-order valence-corrected chi connectivity index (χ3v) is 3.64. The van der Waals surface area contributed by atoms with Crippen LogP contribution in [0.3, 0.4) is 0 Å². The topological polar surface area (TPSA) is 139 Å². The average Bonchev–Trinajstić information content (AvgIpc) is 3.08. The molecule has 23 heavy (non-hydrogen) atoms. The first kappa shape index (κ1) is 13.4. The van der Waals surface area contributed by atoms with E-state index < -0.39 is 16.8 Å². The van der Waals surface area contributed by atoms with Crippen molar-refractivity contribution in [3.8, 4) is 0 Å². The Kier molecular flexibility index (Phi) is 2.54. The van der Waals surface area contributed by atoms with Gasteiger partial charge in [-0.1, -0.05) is 0 Å². The first-order valence-electron chi connectivity index (χ1n) is 6.34. The Balaban J connectivity index is 2.20. The Labute approximate surface area is 129 Å². The van der Waals surface area contributed by atoms with Gasteiger partial charge in [-0.3, -0.25) is 24.1 Å².